The van der Waals surface area contributed by atoms with E-state index in [0.717, 1.165) is 17.5 Å². The summed E-state index contributed by atoms with van der Waals surface area (Å²) >= 11 is 3.46. The summed E-state index contributed by atoms with van der Waals surface area (Å²) in [5, 5.41) is 14.8. The molecule has 0 aromatic heterocycles. The van der Waals surface area contributed by atoms with E-state index in [1.807, 2.05) is 6.92 Å². The van der Waals surface area contributed by atoms with Crippen molar-refractivity contribution >= 4 is 33.7 Å². The molecule has 1 N–H and O–H groups in total. The van der Waals surface area contributed by atoms with Gasteiger partial charge in [-0.15, -0.1) is 0 Å². The third-order valence-corrected chi connectivity index (χ3v) is 5.38. The monoisotopic (exact) mass is 541 g/mol. The predicted octanol–water partition coefficient (Wildman–Crippen LogP) is 5.50. The van der Waals surface area contributed by atoms with Crippen molar-refractivity contribution in [3.8, 4) is 17.2 Å². The van der Waals surface area contributed by atoms with Crippen molar-refractivity contribution in [1.82, 2.24) is 5.43 Å². The van der Waals surface area contributed by atoms with E-state index in [-0.39, 0.29) is 18.2 Å². The average Bonchev–Trinajstić information content (AvgIpc) is 2.87. The highest BCUT2D eigenvalue weighted by molar-refractivity contribution is 9.10. The third kappa shape index (κ3) is 7.28. The van der Waals surface area contributed by atoms with E-state index in [2.05, 4.69) is 26.5 Å². The molecule has 0 radical (unpaired) electrons. The molecule has 0 aliphatic heterocycles. The minimum atomic E-state index is -0.444. The second kappa shape index (κ2) is 12.5. The molecule has 1 amide bonds. The molecule has 182 valence electrons. The number of halogens is 1. The first kappa shape index (κ1) is 25.7. The van der Waals surface area contributed by atoms with Gasteiger partial charge in [0.1, 0.15) is 12.4 Å². The van der Waals surface area contributed by atoms with Gasteiger partial charge in [-0.05, 0) is 82.0 Å². The summed E-state index contributed by atoms with van der Waals surface area (Å²) in [4.78, 5) is 22.7. The number of hydrogen-bond acceptors (Lipinski definition) is 7. The van der Waals surface area contributed by atoms with E-state index < -0.39 is 4.92 Å². The van der Waals surface area contributed by atoms with Gasteiger partial charge in [0.15, 0.2) is 11.5 Å². The Labute approximate surface area is 211 Å². The quantitative estimate of drug-likeness (QED) is 0.195. The van der Waals surface area contributed by atoms with Gasteiger partial charge in [0.25, 0.3) is 11.6 Å². The molecule has 0 aliphatic carbocycles. The summed E-state index contributed by atoms with van der Waals surface area (Å²) in [5.74, 6) is 1.27. The number of methoxy groups -OCH3 is 1. The molecule has 3 aromatic rings. The number of carbonyl (C=O) groups excluding carboxylic acids is 1. The highest BCUT2D eigenvalue weighted by Gasteiger charge is 2.11. The van der Waals surface area contributed by atoms with Gasteiger partial charge in [-0.1, -0.05) is 6.92 Å². The maximum atomic E-state index is 12.4. The Morgan fingerprint density at radius 3 is 2.46 bits per heavy atom. The summed E-state index contributed by atoms with van der Waals surface area (Å²) in [6.45, 7) is 2.82. The van der Waals surface area contributed by atoms with Crippen LogP contribution in [-0.4, -0.2) is 30.8 Å². The van der Waals surface area contributed by atoms with Gasteiger partial charge in [-0.25, -0.2) is 5.43 Å². The number of ether oxygens (including phenoxy) is 3. The van der Waals surface area contributed by atoms with E-state index in [4.69, 9.17) is 14.2 Å². The molecule has 3 aromatic carbocycles. The molecule has 10 heteroatoms. The summed E-state index contributed by atoms with van der Waals surface area (Å²) < 4.78 is 17.4. The zero-order valence-corrected chi connectivity index (χ0v) is 20.8. The van der Waals surface area contributed by atoms with E-state index >= 15 is 0 Å². The van der Waals surface area contributed by atoms with Crippen molar-refractivity contribution in [2.24, 2.45) is 5.10 Å². The first-order chi connectivity index (χ1) is 16.9. The Morgan fingerprint density at radius 1 is 1.06 bits per heavy atom. The third-order valence-electron chi connectivity index (χ3n) is 4.76. The summed E-state index contributed by atoms with van der Waals surface area (Å²) in [5.41, 5.74) is 4.45. The summed E-state index contributed by atoms with van der Waals surface area (Å²) in [7, 11) is 1.52. The first-order valence-electron chi connectivity index (χ1n) is 10.7. The van der Waals surface area contributed by atoms with Crippen LogP contribution in [-0.2, 0) is 6.61 Å². The molecule has 0 spiro atoms. The number of nitro benzene ring substituents is 1. The number of non-ortho nitro benzene ring substituents is 1. The van der Waals surface area contributed by atoms with Crippen LogP contribution in [0.4, 0.5) is 5.69 Å². The molecule has 0 aliphatic rings. The number of hydrazone groups is 1. The fourth-order valence-corrected chi connectivity index (χ4v) is 3.47. The molecule has 35 heavy (non-hydrogen) atoms. The minimum Gasteiger partial charge on any atom is -0.493 e. The number of nitro groups is 1. The fourth-order valence-electron chi connectivity index (χ4n) is 2.96. The molecule has 0 fully saturated rings. The summed E-state index contributed by atoms with van der Waals surface area (Å²) in [6.07, 6.45) is 2.38. The maximum Gasteiger partial charge on any atom is 0.271 e. The van der Waals surface area contributed by atoms with Gasteiger partial charge in [0.05, 0.1) is 29.3 Å². The van der Waals surface area contributed by atoms with E-state index in [9.17, 15) is 14.9 Å². The van der Waals surface area contributed by atoms with Gasteiger partial charge in [-0.2, -0.15) is 5.10 Å². The normalized spacial score (nSPS) is 10.7. The fraction of sp³-hybridized carbons (Fsp3) is 0.200. The Hall–Kier alpha value is -3.92. The van der Waals surface area contributed by atoms with Gasteiger partial charge < -0.3 is 14.2 Å². The lowest BCUT2D eigenvalue weighted by Gasteiger charge is -2.11. The van der Waals surface area contributed by atoms with Crippen molar-refractivity contribution in [3.63, 3.8) is 0 Å². The number of hydrogen-bond donors (Lipinski definition) is 1. The molecule has 0 unspecified atom stereocenters. The van der Waals surface area contributed by atoms with E-state index in [1.54, 1.807) is 48.5 Å². The molecule has 0 heterocycles. The number of nitrogens with zero attached hydrogens (tertiary/aromatic N) is 2. The Morgan fingerprint density at radius 2 is 1.80 bits per heavy atom. The van der Waals surface area contributed by atoms with Crippen molar-refractivity contribution in [1.29, 1.82) is 0 Å². The Balaban J connectivity index is 1.57. The van der Waals surface area contributed by atoms with Gasteiger partial charge >= 0.3 is 0 Å². The van der Waals surface area contributed by atoms with Crippen LogP contribution in [0, 0.1) is 10.1 Å². The van der Waals surface area contributed by atoms with Crippen LogP contribution < -0.4 is 19.6 Å². The van der Waals surface area contributed by atoms with Crippen molar-refractivity contribution < 1.29 is 23.9 Å². The van der Waals surface area contributed by atoms with Crippen LogP contribution in [0.5, 0.6) is 17.2 Å². The molecule has 0 saturated carbocycles. The second-order valence-corrected chi connectivity index (χ2v) is 8.17. The molecular formula is C25H24BrN3O6. The van der Waals surface area contributed by atoms with Crippen LogP contribution in [0.15, 0.2) is 70.2 Å². The summed E-state index contributed by atoms with van der Waals surface area (Å²) in [6, 6.07) is 16.5. The number of benzene rings is 3. The van der Waals surface area contributed by atoms with E-state index in [0.29, 0.717) is 33.9 Å². The zero-order valence-electron chi connectivity index (χ0n) is 19.2. The number of nitrogens with one attached hydrogen (secondary N) is 1. The topological polar surface area (TPSA) is 112 Å². The lowest BCUT2D eigenvalue weighted by atomic mass is 10.2. The second-order valence-electron chi connectivity index (χ2n) is 7.32. The predicted molar refractivity (Wildman–Crippen MR) is 135 cm³/mol. The van der Waals surface area contributed by atoms with Crippen LogP contribution in [0.25, 0.3) is 0 Å². The number of carbonyl (C=O) groups is 1. The SMILES string of the molecule is CCCOc1ccc(C(=O)N/N=C/c2ccc(OCc3ccc([N+](=O)[O-])cc3)c(Br)c2)cc1OC. The largest absolute Gasteiger partial charge is 0.493 e. The lowest BCUT2D eigenvalue weighted by molar-refractivity contribution is -0.384. The molecule has 0 atom stereocenters. The molecule has 3 rings (SSSR count). The zero-order chi connectivity index (χ0) is 25.2. The average molecular weight is 542 g/mol. The standard InChI is InChI=1S/C25H24BrN3O6/c1-3-12-34-23-11-7-19(14-24(23)33-2)25(30)28-27-15-18-6-10-22(21(26)13-18)35-16-17-4-8-20(9-5-17)29(31)32/h4-11,13-15H,3,12,16H2,1-2H3,(H,28,30)/b27-15+. The highest BCUT2D eigenvalue weighted by Crippen LogP contribution is 2.28. The number of amides is 1. The molecule has 0 bridgehead atoms. The van der Waals surface area contributed by atoms with Crippen LogP contribution in [0.2, 0.25) is 0 Å². The first-order valence-corrected chi connectivity index (χ1v) is 11.5. The van der Waals surface area contributed by atoms with Gasteiger partial charge in [0.2, 0.25) is 0 Å². The highest BCUT2D eigenvalue weighted by atomic mass is 79.9. The Bertz CT molecular complexity index is 1210. The smallest absolute Gasteiger partial charge is 0.271 e. The molecular weight excluding hydrogens is 518 g/mol. The van der Waals surface area contributed by atoms with Crippen LogP contribution in [0.1, 0.15) is 34.8 Å². The van der Waals surface area contributed by atoms with Gasteiger partial charge in [0, 0.05) is 17.7 Å². The number of rotatable bonds is 11. The van der Waals surface area contributed by atoms with E-state index in [1.165, 1.54) is 25.5 Å². The lowest BCUT2D eigenvalue weighted by Crippen LogP contribution is -2.17. The molecule has 0 saturated heterocycles. The van der Waals surface area contributed by atoms with Gasteiger partial charge in [-0.3, -0.25) is 14.9 Å². The van der Waals surface area contributed by atoms with Crippen molar-refractivity contribution in [2.75, 3.05) is 13.7 Å². The van der Waals surface area contributed by atoms with Crippen molar-refractivity contribution in [3.05, 3.63) is 91.9 Å². The Kier molecular flexibility index (Phi) is 9.19. The maximum absolute atomic E-state index is 12.4. The minimum absolute atomic E-state index is 0.0304. The van der Waals surface area contributed by atoms with Crippen LogP contribution in [0.3, 0.4) is 0 Å². The van der Waals surface area contributed by atoms with Crippen molar-refractivity contribution in [2.45, 2.75) is 20.0 Å². The molecule has 9 nitrogen and oxygen atoms in total. The van der Waals surface area contributed by atoms with Crippen LogP contribution >= 0.6 is 15.9 Å².